The van der Waals surface area contributed by atoms with Crippen molar-refractivity contribution in [3.63, 3.8) is 0 Å². The van der Waals surface area contributed by atoms with Crippen molar-refractivity contribution in [1.29, 1.82) is 0 Å². The van der Waals surface area contributed by atoms with Gasteiger partial charge in [-0.25, -0.2) is 9.59 Å². The van der Waals surface area contributed by atoms with Gasteiger partial charge in [0, 0.05) is 6.08 Å². The second-order valence-corrected chi connectivity index (χ2v) is 5.35. The second-order valence-electron chi connectivity index (χ2n) is 5.35. The average molecular weight is 330 g/mol. The summed E-state index contributed by atoms with van der Waals surface area (Å²) >= 11 is 0. The van der Waals surface area contributed by atoms with Gasteiger partial charge in [-0.1, -0.05) is 63.1 Å². The van der Waals surface area contributed by atoms with Crippen LogP contribution in [0.15, 0.2) is 48.1 Å². The monoisotopic (exact) mass is 330 g/mol. The van der Waals surface area contributed by atoms with Crippen molar-refractivity contribution in [2.45, 2.75) is 39.5 Å². The number of unbranched alkanes of at least 4 members (excludes halogenated alkanes) is 2. The molecule has 0 unspecified atom stereocenters. The number of carbonyl (C=O) groups is 2. The molecule has 0 heterocycles. The molecule has 1 aromatic carbocycles. The van der Waals surface area contributed by atoms with Crippen LogP contribution >= 0.6 is 0 Å². The Balaban J connectivity index is 2.79. The van der Waals surface area contributed by atoms with E-state index in [2.05, 4.69) is 0 Å². The van der Waals surface area contributed by atoms with Crippen LogP contribution in [-0.2, 0) is 19.1 Å². The van der Waals surface area contributed by atoms with E-state index in [0.717, 1.165) is 31.2 Å². The van der Waals surface area contributed by atoms with E-state index < -0.39 is 11.9 Å². The molecule has 0 aliphatic heterocycles. The van der Waals surface area contributed by atoms with E-state index in [4.69, 9.17) is 9.47 Å². The first-order valence-corrected chi connectivity index (χ1v) is 8.46. The summed E-state index contributed by atoms with van der Waals surface area (Å²) in [5, 5.41) is 0. The molecule has 0 saturated carbocycles. The SMILES string of the molecule is CCCCOC(=O)C=C(C=Cc1ccccc1)C(=O)OCCCC. The Labute approximate surface area is 144 Å². The molecule has 0 aliphatic carbocycles. The maximum atomic E-state index is 12.2. The van der Waals surface area contributed by atoms with E-state index in [9.17, 15) is 9.59 Å². The van der Waals surface area contributed by atoms with Crippen LogP contribution in [0.5, 0.6) is 0 Å². The van der Waals surface area contributed by atoms with Gasteiger partial charge in [-0.15, -0.1) is 0 Å². The molecule has 0 amide bonds. The van der Waals surface area contributed by atoms with Crippen molar-refractivity contribution in [3.8, 4) is 0 Å². The highest BCUT2D eigenvalue weighted by molar-refractivity contribution is 5.99. The average Bonchev–Trinajstić information content (AvgIpc) is 2.59. The van der Waals surface area contributed by atoms with Crippen LogP contribution in [0.2, 0.25) is 0 Å². The Morgan fingerprint density at radius 1 is 0.958 bits per heavy atom. The van der Waals surface area contributed by atoms with Crippen molar-refractivity contribution < 1.29 is 19.1 Å². The number of benzene rings is 1. The summed E-state index contributed by atoms with van der Waals surface area (Å²) < 4.78 is 10.3. The highest BCUT2D eigenvalue weighted by Gasteiger charge is 2.11. The van der Waals surface area contributed by atoms with Crippen LogP contribution in [0.4, 0.5) is 0 Å². The third kappa shape index (κ3) is 8.32. The smallest absolute Gasteiger partial charge is 0.338 e. The number of hydrogen-bond acceptors (Lipinski definition) is 4. The van der Waals surface area contributed by atoms with Gasteiger partial charge in [-0.3, -0.25) is 0 Å². The molecular weight excluding hydrogens is 304 g/mol. The molecule has 0 aromatic heterocycles. The van der Waals surface area contributed by atoms with Gasteiger partial charge in [0.25, 0.3) is 0 Å². The first-order chi connectivity index (χ1) is 11.7. The Hall–Kier alpha value is -2.36. The predicted octanol–water partition coefficient (Wildman–Crippen LogP) is 4.31. The van der Waals surface area contributed by atoms with Crippen molar-refractivity contribution in [2.75, 3.05) is 13.2 Å². The van der Waals surface area contributed by atoms with Gasteiger partial charge < -0.3 is 9.47 Å². The molecule has 4 nitrogen and oxygen atoms in total. The summed E-state index contributed by atoms with van der Waals surface area (Å²) in [6.45, 7) is 4.73. The van der Waals surface area contributed by atoms with Gasteiger partial charge in [0.2, 0.25) is 0 Å². The predicted molar refractivity (Wildman–Crippen MR) is 95.3 cm³/mol. The first-order valence-electron chi connectivity index (χ1n) is 8.46. The van der Waals surface area contributed by atoms with Crippen LogP contribution in [-0.4, -0.2) is 25.2 Å². The minimum Gasteiger partial charge on any atom is -0.463 e. The molecule has 24 heavy (non-hydrogen) atoms. The molecular formula is C20H26O4. The lowest BCUT2D eigenvalue weighted by Crippen LogP contribution is -2.11. The van der Waals surface area contributed by atoms with E-state index in [0.29, 0.717) is 13.2 Å². The zero-order chi connectivity index (χ0) is 17.6. The van der Waals surface area contributed by atoms with E-state index >= 15 is 0 Å². The van der Waals surface area contributed by atoms with Gasteiger partial charge in [-0.2, -0.15) is 0 Å². The Morgan fingerprint density at radius 2 is 1.58 bits per heavy atom. The summed E-state index contributed by atoms with van der Waals surface area (Å²) in [5.41, 5.74) is 1.13. The van der Waals surface area contributed by atoms with Crippen LogP contribution in [0.3, 0.4) is 0 Å². The quantitative estimate of drug-likeness (QED) is 0.277. The largest absolute Gasteiger partial charge is 0.463 e. The number of rotatable bonds is 10. The number of esters is 2. The topological polar surface area (TPSA) is 52.6 Å². The van der Waals surface area contributed by atoms with Crippen molar-refractivity contribution in [3.05, 3.63) is 53.6 Å². The Bertz CT molecular complexity index is 558. The van der Waals surface area contributed by atoms with Crippen molar-refractivity contribution >= 4 is 18.0 Å². The number of carbonyl (C=O) groups excluding carboxylic acids is 2. The fourth-order valence-corrected chi connectivity index (χ4v) is 1.80. The van der Waals surface area contributed by atoms with Gasteiger partial charge in [0.05, 0.1) is 18.8 Å². The van der Waals surface area contributed by atoms with E-state index in [1.165, 1.54) is 6.08 Å². The van der Waals surface area contributed by atoms with Crippen molar-refractivity contribution in [2.24, 2.45) is 0 Å². The van der Waals surface area contributed by atoms with Crippen molar-refractivity contribution in [1.82, 2.24) is 0 Å². The fourth-order valence-electron chi connectivity index (χ4n) is 1.80. The molecule has 0 N–H and O–H groups in total. The summed E-state index contributed by atoms with van der Waals surface area (Å²) in [6, 6.07) is 9.55. The van der Waals surface area contributed by atoms with Crippen LogP contribution in [0, 0.1) is 0 Å². The molecule has 1 rings (SSSR count). The number of hydrogen-bond donors (Lipinski definition) is 0. The van der Waals surface area contributed by atoms with Gasteiger partial charge in [-0.05, 0) is 24.5 Å². The molecule has 0 spiro atoms. The van der Waals surface area contributed by atoms with Crippen LogP contribution in [0.1, 0.15) is 45.1 Å². The van der Waals surface area contributed by atoms with E-state index in [-0.39, 0.29) is 5.57 Å². The second kappa shape index (κ2) is 12.1. The maximum Gasteiger partial charge on any atom is 0.338 e. The minimum absolute atomic E-state index is 0.191. The van der Waals surface area contributed by atoms with E-state index in [1.807, 2.05) is 44.2 Å². The van der Waals surface area contributed by atoms with Gasteiger partial charge in [0.15, 0.2) is 0 Å². The highest BCUT2D eigenvalue weighted by atomic mass is 16.5. The third-order valence-corrected chi connectivity index (χ3v) is 3.24. The summed E-state index contributed by atoms with van der Waals surface area (Å²) in [6.07, 6.45) is 8.03. The molecule has 1 aromatic rings. The fraction of sp³-hybridized carbons (Fsp3) is 0.400. The zero-order valence-electron chi connectivity index (χ0n) is 14.5. The molecule has 0 radical (unpaired) electrons. The van der Waals surface area contributed by atoms with Gasteiger partial charge >= 0.3 is 11.9 Å². The minimum atomic E-state index is -0.524. The Kier molecular flexibility index (Phi) is 9.93. The summed E-state index contributed by atoms with van der Waals surface area (Å²) in [5.74, 6) is -1.04. The molecule has 0 fully saturated rings. The standard InChI is InChI=1S/C20H26O4/c1-3-5-14-23-19(21)16-18(20(22)24-15-6-4-2)13-12-17-10-8-7-9-11-17/h7-13,16H,3-6,14-15H2,1-2H3. The van der Waals surface area contributed by atoms with Crippen LogP contribution < -0.4 is 0 Å². The lowest BCUT2D eigenvalue weighted by Gasteiger charge is -2.05. The molecule has 4 heteroatoms. The molecule has 0 saturated heterocycles. The van der Waals surface area contributed by atoms with Crippen LogP contribution in [0.25, 0.3) is 6.08 Å². The Morgan fingerprint density at radius 3 is 2.21 bits per heavy atom. The lowest BCUT2D eigenvalue weighted by molar-refractivity contribution is -0.141. The molecule has 0 atom stereocenters. The third-order valence-electron chi connectivity index (χ3n) is 3.24. The first kappa shape index (κ1) is 19.7. The number of ether oxygens (including phenoxy) is 2. The molecule has 0 aliphatic rings. The summed E-state index contributed by atoms with van der Waals surface area (Å²) in [4.78, 5) is 24.0. The van der Waals surface area contributed by atoms with Gasteiger partial charge in [0.1, 0.15) is 0 Å². The van der Waals surface area contributed by atoms with E-state index in [1.54, 1.807) is 12.2 Å². The maximum absolute atomic E-state index is 12.2. The zero-order valence-corrected chi connectivity index (χ0v) is 14.5. The highest BCUT2D eigenvalue weighted by Crippen LogP contribution is 2.08. The summed E-state index contributed by atoms with van der Waals surface area (Å²) in [7, 11) is 0. The molecule has 0 bridgehead atoms. The normalized spacial score (nSPS) is 11.5. The molecule has 130 valence electrons. The lowest BCUT2D eigenvalue weighted by atomic mass is 10.1.